The maximum absolute atomic E-state index is 13.2. The van der Waals surface area contributed by atoms with E-state index in [0.29, 0.717) is 18.7 Å². The molecule has 4 rings (SSSR count). The van der Waals surface area contributed by atoms with Gasteiger partial charge in [0.25, 0.3) is 5.91 Å². The Morgan fingerprint density at radius 3 is 2.40 bits per heavy atom. The number of benzene rings is 3. The van der Waals surface area contributed by atoms with Gasteiger partial charge in [-0.2, -0.15) is 0 Å². The Morgan fingerprint density at radius 1 is 1.00 bits per heavy atom. The Bertz CT molecular complexity index is 1030. The summed E-state index contributed by atoms with van der Waals surface area (Å²) in [6.07, 6.45) is 2.80. The summed E-state index contributed by atoms with van der Waals surface area (Å²) >= 11 is 1.71. The van der Waals surface area contributed by atoms with Crippen LogP contribution in [0.1, 0.15) is 33.1 Å². The first-order valence-electron chi connectivity index (χ1n) is 10.0. The molecule has 2 amide bonds. The molecule has 1 aliphatic rings. The maximum atomic E-state index is 13.2. The van der Waals surface area contributed by atoms with E-state index in [0.717, 1.165) is 17.5 Å². The summed E-state index contributed by atoms with van der Waals surface area (Å²) in [6, 6.07) is 24.8. The number of rotatable bonds is 7. The van der Waals surface area contributed by atoms with Gasteiger partial charge < -0.3 is 10.2 Å². The normalized spacial score (nSPS) is 13.8. The van der Waals surface area contributed by atoms with Crippen LogP contribution in [0.5, 0.6) is 0 Å². The lowest BCUT2D eigenvalue weighted by atomic mass is 10.0. The second-order valence-electron chi connectivity index (χ2n) is 7.29. The molecular weight excluding hydrogens is 392 g/mol. The highest BCUT2D eigenvalue weighted by Gasteiger charge is 2.36. The molecule has 0 radical (unpaired) electrons. The Kier molecular flexibility index (Phi) is 6.19. The fourth-order valence-electron chi connectivity index (χ4n) is 3.81. The quantitative estimate of drug-likeness (QED) is 0.579. The van der Waals surface area contributed by atoms with Crippen molar-refractivity contribution >= 4 is 23.6 Å². The average molecular weight is 417 g/mol. The minimum Gasteiger partial charge on any atom is -0.354 e. The molecule has 0 saturated heterocycles. The smallest absolute Gasteiger partial charge is 0.255 e. The van der Waals surface area contributed by atoms with Gasteiger partial charge in [0.2, 0.25) is 5.91 Å². The number of carbonyl (C=O) groups excluding carboxylic acids is 2. The molecule has 0 fully saturated rings. The minimum atomic E-state index is -0.648. The molecule has 0 saturated carbocycles. The Morgan fingerprint density at radius 2 is 1.70 bits per heavy atom. The first-order valence-corrected chi connectivity index (χ1v) is 11.2. The molecule has 1 aliphatic heterocycles. The molecule has 1 atom stereocenters. The topological polar surface area (TPSA) is 49.4 Å². The van der Waals surface area contributed by atoms with E-state index < -0.39 is 6.04 Å². The van der Waals surface area contributed by atoms with Gasteiger partial charge in [-0.05, 0) is 47.6 Å². The first-order chi connectivity index (χ1) is 14.7. The van der Waals surface area contributed by atoms with Crippen molar-refractivity contribution in [3.8, 4) is 0 Å². The number of nitrogens with zero attached hydrogens (tertiary/aromatic N) is 1. The fourth-order valence-corrected chi connectivity index (χ4v) is 4.22. The Balaban J connectivity index is 1.49. The zero-order valence-corrected chi connectivity index (χ0v) is 17.7. The van der Waals surface area contributed by atoms with E-state index in [2.05, 4.69) is 35.8 Å². The molecule has 0 aliphatic carbocycles. The lowest BCUT2D eigenvalue weighted by Gasteiger charge is -2.27. The fraction of sp³-hybridized carbons (Fsp3) is 0.200. The summed E-state index contributed by atoms with van der Waals surface area (Å²) in [5, 5.41) is 3.04. The van der Waals surface area contributed by atoms with E-state index in [-0.39, 0.29) is 11.8 Å². The summed E-state index contributed by atoms with van der Waals surface area (Å²) < 4.78 is 0. The number of hydrogen-bond acceptors (Lipinski definition) is 3. The zero-order chi connectivity index (χ0) is 20.9. The number of thioether (sulfide) groups is 1. The molecule has 3 aromatic carbocycles. The number of fused-ring (bicyclic) bond motifs is 1. The summed E-state index contributed by atoms with van der Waals surface area (Å²) in [4.78, 5) is 29.1. The largest absolute Gasteiger partial charge is 0.354 e. The second-order valence-corrected chi connectivity index (χ2v) is 8.17. The molecule has 5 heteroatoms. The SMILES string of the molecule is CSc1ccc(CCNC(=O)[C@@H](c2ccccc2)N2Cc3ccccc3C2=O)cc1. The Labute approximate surface area is 181 Å². The number of amides is 2. The molecular formula is C25H24N2O2S. The van der Waals surface area contributed by atoms with Gasteiger partial charge in [-0.15, -0.1) is 11.8 Å². The predicted octanol–water partition coefficient (Wildman–Crippen LogP) is 4.46. The van der Waals surface area contributed by atoms with Gasteiger partial charge in [0.15, 0.2) is 0 Å². The molecule has 0 aromatic heterocycles. The first kappa shape index (κ1) is 20.2. The van der Waals surface area contributed by atoms with Crippen molar-refractivity contribution < 1.29 is 9.59 Å². The van der Waals surface area contributed by atoms with Gasteiger partial charge in [0.05, 0.1) is 0 Å². The van der Waals surface area contributed by atoms with E-state index in [1.165, 1.54) is 10.5 Å². The molecule has 3 aromatic rings. The van der Waals surface area contributed by atoms with Crippen LogP contribution < -0.4 is 5.32 Å². The van der Waals surface area contributed by atoms with Gasteiger partial charge in [-0.25, -0.2) is 0 Å². The van der Waals surface area contributed by atoms with Crippen molar-refractivity contribution in [2.75, 3.05) is 12.8 Å². The van der Waals surface area contributed by atoms with Crippen molar-refractivity contribution in [1.29, 1.82) is 0 Å². The third kappa shape index (κ3) is 4.26. The third-order valence-electron chi connectivity index (χ3n) is 5.40. The van der Waals surface area contributed by atoms with Gasteiger partial charge in [-0.1, -0.05) is 60.7 Å². The van der Waals surface area contributed by atoms with Crippen molar-refractivity contribution in [2.24, 2.45) is 0 Å². The molecule has 152 valence electrons. The third-order valence-corrected chi connectivity index (χ3v) is 6.14. The van der Waals surface area contributed by atoms with E-state index >= 15 is 0 Å². The summed E-state index contributed by atoms with van der Waals surface area (Å²) in [7, 11) is 0. The zero-order valence-electron chi connectivity index (χ0n) is 16.9. The highest BCUT2D eigenvalue weighted by atomic mass is 32.2. The lowest BCUT2D eigenvalue weighted by molar-refractivity contribution is -0.125. The van der Waals surface area contributed by atoms with Crippen molar-refractivity contribution in [1.82, 2.24) is 10.2 Å². The standard InChI is InChI=1S/C25H24N2O2S/c1-30-21-13-11-18(12-14-21)15-16-26-24(28)23(19-7-3-2-4-8-19)27-17-20-9-5-6-10-22(20)25(27)29/h2-14,23H,15-17H2,1H3,(H,26,28)/t23-/m1/s1. The highest BCUT2D eigenvalue weighted by Crippen LogP contribution is 2.31. The molecule has 30 heavy (non-hydrogen) atoms. The van der Waals surface area contributed by atoms with Gasteiger partial charge in [0.1, 0.15) is 6.04 Å². The monoisotopic (exact) mass is 416 g/mol. The van der Waals surface area contributed by atoms with Crippen molar-refractivity contribution in [2.45, 2.75) is 23.9 Å². The molecule has 0 unspecified atom stereocenters. The van der Waals surface area contributed by atoms with Gasteiger partial charge in [-0.3, -0.25) is 9.59 Å². The van der Waals surface area contributed by atoms with Crippen LogP contribution in [-0.2, 0) is 17.8 Å². The van der Waals surface area contributed by atoms with E-state index in [4.69, 9.17) is 0 Å². The molecule has 0 spiro atoms. The summed E-state index contributed by atoms with van der Waals surface area (Å²) in [5.74, 6) is -0.245. The lowest BCUT2D eigenvalue weighted by Crippen LogP contribution is -2.41. The molecule has 1 heterocycles. The van der Waals surface area contributed by atoms with Gasteiger partial charge in [0, 0.05) is 23.5 Å². The van der Waals surface area contributed by atoms with E-state index in [1.807, 2.05) is 54.6 Å². The predicted molar refractivity (Wildman–Crippen MR) is 120 cm³/mol. The minimum absolute atomic E-state index is 0.0951. The molecule has 4 nitrogen and oxygen atoms in total. The van der Waals surface area contributed by atoms with Crippen LogP contribution in [-0.4, -0.2) is 29.5 Å². The average Bonchev–Trinajstić information content (AvgIpc) is 3.11. The van der Waals surface area contributed by atoms with Crippen molar-refractivity contribution in [3.05, 3.63) is 101 Å². The maximum Gasteiger partial charge on any atom is 0.255 e. The van der Waals surface area contributed by atoms with Crippen LogP contribution in [0.15, 0.2) is 83.8 Å². The number of nitrogens with one attached hydrogen (secondary N) is 1. The van der Waals surface area contributed by atoms with Crippen LogP contribution >= 0.6 is 11.8 Å². The van der Waals surface area contributed by atoms with E-state index in [9.17, 15) is 9.59 Å². The highest BCUT2D eigenvalue weighted by molar-refractivity contribution is 7.98. The van der Waals surface area contributed by atoms with Crippen LogP contribution in [0.4, 0.5) is 0 Å². The molecule has 0 bridgehead atoms. The van der Waals surface area contributed by atoms with Crippen molar-refractivity contribution in [3.63, 3.8) is 0 Å². The number of hydrogen-bond donors (Lipinski definition) is 1. The summed E-state index contributed by atoms with van der Waals surface area (Å²) in [5.41, 5.74) is 3.64. The summed E-state index contributed by atoms with van der Waals surface area (Å²) in [6.45, 7) is 0.966. The van der Waals surface area contributed by atoms with Crippen LogP contribution in [0.3, 0.4) is 0 Å². The second kappa shape index (κ2) is 9.18. The Hall–Kier alpha value is -3.05. The van der Waals surface area contributed by atoms with Gasteiger partial charge >= 0.3 is 0 Å². The van der Waals surface area contributed by atoms with Crippen LogP contribution in [0.2, 0.25) is 0 Å². The van der Waals surface area contributed by atoms with E-state index in [1.54, 1.807) is 16.7 Å². The number of carbonyl (C=O) groups is 2. The molecule has 1 N–H and O–H groups in total. The van der Waals surface area contributed by atoms with Crippen LogP contribution in [0.25, 0.3) is 0 Å². The van der Waals surface area contributed by atoms with Crippen LogP contribution in [0, 0.1) is 0 Å².